The molecule has 1 amide bonds. The molecule has 0 aromatic carbocycles. The van der Waals surface area contributed by atoms with Gasteiger partial charge in [0, 0.05) is 38.1 Å². The molecule has 4 nitrogen and oxygen atoms in total. The van der Waals surface area contributed by atoms with Gasteiger partial charge in [0.25, 0.3) is 0 Å². The summed E-state index contributed by atoms with van der Waals surface area (Å²) in [6.45, 7) is 3.93. The molecule has 0 atom stereocenters. The number of carbonyl (C=O) groups is 2. The van der Waals surface area contributed by atoms with Gasteiger partial charge in [-0.15, -0.1) is 0 Å². The molecule has 96 valence electrons. The fourth-order valence-corrected chi connectivity index (χ4v) is 2.07. The molecular formula is C14H19N2O2+. The van der Waals surface area contributed by atoms with Crippen molar-refractivity contribution in [2.75, 3.05) is 13.1 Å². The Morgan fingerprint density at radius 1 is 1.28 bits per heavy atom. The number of aryl methyl sites for hydroxylation is 2. The SMILES string of the molecule is Cc1cc[n+](CCC(=O)N2CCC(=O)CC2)cc1. The first kappa shape index (κ1) is 12.7. The Balaban J connectivity index is 1.81. The molecule has 4 heteroatoms. The Bertz CT molecular complexity index is 430. The summed E-state index contributed by atoms with van der Waals surface area (Å²) in [5.74, 6) is 0.419. The first-order valence-corrected chi connectivity index (χ1v) is 6.40. The van der Waals surface area contributed by atoms with Gasteiger partial charge in [-0.2, -0.15) is 0 Å². The molecular weight excluding hydrogens is 228 g/mol. The van der Waals surface area contributed by atoms with Gasteiger partial charge >= 0.3 is 0 Å². The number of hydrogen-bond donors (Lipinski definition) is 0. The van der Waals surface area contributed by atoms with Crippen molar-refractivity contribution in [2.24, 2.45) is 0 Å². The van der Waals surface area contributed by atoms with E-state index in [1.54, 1.807) is 4.90 Å². The van der Waals surface area contributed by atoms with E-state index in [1.165, 1.54) is 5.56 Å². The fourth-order valence-electron chi connectivity index (χ4n) is 2.07. The van der Waals surface area contributed by atoms with Crippen LogP contribution >= 0.6 is 0 Å². The highest BCUT2D eigenvalue weighted by Crippen LogP contribution is 2.07. The van der Waals surface area contributed by atoms with Crippen molar-refractivity contribution in [3.63, 3.8) is 0 Å². The molecule has 2 heterocycles. The highest BCUT2D eigenvalue weighted by Gasteiger charge is 2.21. The third-order valence-corrected chi connectivity index (χ3v) is 3.32. The molecule has 0 N–H and O–H groups in total. The summed E-state index contributed by atoms with van der Waals surface area (Å²) in [4.78, 5) is 24.8. The summed E-state index contributed by atoms with van der Waals surface area (Å²) < 4.78 is 2.01. The van der Waals surface area contributed by atoms with Gasteiger partial charge in [0.2, 0.25) is 5.91 Å². The maximum Gasteiger partial charge on any atom is 0.228 e. The molecule has 0 radical (unpaired) electrons. The minimum absolute atomic E-state index is 0.149. The summed E-state index contributed by atoms with van der Waals surface area (Å²) in [7, 11) is 0. The van der Waals surface area contributed by atoms with E-state index in [4.69, 9.17) is 0 Å². The van der Waals surface area contributed by atoms with E-state index in [9.17, 15) is 9.59 Å². The third-order valence-electron chi connectivity index (χ3n) is 3.32. The number of likely N-dealkylation sites (tertiary alicyclic amines) is 1. The number of Topliss-reactive ketones (excluding diaryl/α,β-unsaturated/α-hetero) is 1. The number of amides is 1. The van der Waals surface area contributed by atoms with E-state index in [-0.39, 0.29) is 11.7 Å². The van der Waals surface area contributed by atoms with Crippen LogP contribution in [0.4, 0.5) is 0 Å². The lowest BCUT2D eigenvalue weighted by Gasteiger charge is -2.25. The zero-order valence-corrected chi connectivity index (χ0v) is 10.8. The number of aromatic nitrogens is 1. The average Bonchev–Trinajstić information content (AvgIpc) is 2.38. The number of rotatable bonds is 3. The molecule has 1 aliphatic rings. The number of hydrogen-bond acceptors (Lipinski definition) is 2. The second kappa shape index (κ2) is 5.76. The Hall–Kier alpha value is -1.71. The molecule has 0 spiro atoms. The summed E-state index contributed by atoms with van der Waals surface area (Å²) >= 11 is 0. The normalized spacial score (nSPS) is 15.8. The predicted octanol–water partition coefficient (Wildman–Crippen LogP) is 0.864. The average molecular weight is 247 g/mol. The first-order valence-electron chi connectivity index (χ1n) is 6.40. The van der Waals surface area contributed by atoms with Gasteiger partial charge in [0.1, 0.15) is 5.78 Å². The van der Waals surface area contributed by atoms with Crippen LogP contribution in [0.5, 0.6) is 0 Å². The highest BCUT2D eigenvalue weighted by molar-refractivity contribution is 5.83. The molecule has 0 bridgehead atoms. The van der Waals surface area contributed by atoms with Crippen LogP contribution in [0.3, 0.4) is 0 Å². The summed E-state index contributed by atoms with van der Waals surface area (Å²) in [5.41, 5.74) is 1.21. The molecule has 0 aliphatic carbocycles. The van der Waals surface area contributed by atoms with Crippen molar-refractivity contribution in [2.45, 2.75) is 32.7 Å². The zero-order valence-electron chi connectivity index (χ0n) is 10.8. The second-order valence-corrected chi connectivity index (χ2v) is 4.78. The lowest BCUT2D eigenvalue weighted by atomic mass is 10.1. The van der Waals surface area contributed by atoms with E-state index < -0.39 is 0 Å². The second-order valence-electron chi connectivity index (χ2n) is 4.78. The number of nitrogens with zero attached hydrogens (tertiary/aromatic N) is 2. The van der Waals surface area contributed by atoms with Crippen molar-refractivity contribution in [3.05, 3.63) is 30.1 Å². The number of pyridine rings is 1. The van der Waals surface area contributed by atoms with E-state index in [0.717, 1.165) is 0 Å². The van der Waals surface area contributed by atoms with Crippen LogP contribution in [0.2, 0.25) is 0 Å². The molecule has 2 rings (SSSR count). The standard InChI is InChI=1S/C14H19N2O2/c1-12-2-7-15(8-3-12)9-6-14(18)16-10-4-13(17)5-11-16/h2-3,7-8H,4-6,9-11H2,1H3/q+1. The monoisotopic (exact) mass is 247 g/mol. The Labute approximate surface area is 107 Å². The van der Waals surface area contributed by atoms with Crippen molar-refractivity contribution in [1.29, 1.82) is 0 Å². The van der Waals surface area contributed by atoms with E-state index in [1.807, 2.05) is 36.0 Å². The van der Waals surface area contributed by atoms with Crippen LogP contribution in [0.15, 0.2) is 24.5 Å². The third kappa shape index (κ3) is 3.39. The summed E-state index contributed by atoms with van der Waals surface area (Å²) in [6.07, 6.45) is 5.51. The van der Waals surface area contributed by atoms with Crippen molar-refractivity contribution < 1.29 is 14.2 Å². The zero-order chi connectivity index (χ0) is 13.0. The summed E-state index contributed by atoms with van der Waals surface area (Å²) in [5, 5.41) is 0. The van der Waals surface area contributed by atoms with Crippen molar-refractivity contribution in [1.82, 2.24) is 4.90 Å². The molecule has 18 heavy (non-hydrogen) atoms. The minimum atomic E-state index is 0.149. The van der Waals surface area contributed by atoms with Gasteiger partial charge in [-0.1, -0.05) is 0 Å². The van der Waals surface area contributed by atoms with E-state index in [0.29, 0.717) is 38.9 Å². The lowest BCUT2D eigenvalue weighted by Crippen LogP contribution is -2.41. The molecule has 0 unspecified atom stereocenters. The molecule has 1 fully saturated rings. The maximum absolute atomic E-state index is 11.9. The largest absolute Gasteiger partial charge is 0.342 e. The van der Waals surface area contributed by atoms with Gasteiger partial charge in [-0.25, -0.2) is 4.57 Å². The van der Waals surface area contributed by atoms with Crippen LogP contribution in [0.25, 0.3) is 0 Å². The van der Waals surface area contributed by atoms with Crippen LogP contribution in [0, 0.1) is 6.92 Å². The van der Waals surface area contributed by atoms with Gasteiger partial charge < -0.3 is 4.90 Å². The van der Waals surface area contributed by atoms with Crippen LogP contribution < -0.4 is 4.57 Å². The van der Waals surface area contributed by atoms with Crippen LogP contribution in [-0.4, -0.2) is 29.7 Å². The highest BCUT2D eigenvalue weighted by atomic mass is 16.2. The Kier molecular flexibility index (Phi) is 4.07. The number of piperidine rings is 1. The smallest absolute Gasteiger partial charge is 0.228 e. The van der Waals surface area contributed by atoms with E-state index in [2.05, 4.69) is 0 Å². The number of carbonyl (C=O) groups excluding carboxylic acids is 2. The summed E-state index contributed by atoms with van der Waals surface area (Å²) in [6, 6.07) is 4.06. The molecule has 1 saturated heterocycles. The quantitative estimate of drug-likeness (QED) is 0.744. The molecule has 1 aromatic rings. The maximum atomic E-state index is 11.9. The Morgan fingerprint density at radius 2 is 1.89 bits per heavy atom. The van der Waals surface area contributed by atoms with Crippen molar-refractivity contribution in [3.8, 4) is 0 Å². The molecule has 1 aromatic heterocycles. The van der Waals surface area contributed by atoms with Crippen molar-refractivity contribution >= 4 is 11.7 Å². The minimum Gasteiger partial charge on any atom is -0.342 e. The number of ketones is 1. The topological polar surface area (TPSA) is 41.3 Å². The van der Waals surface area contributed by atoms with Gasteiger partial charge in [0.15, 0.2) is 18.9 Å². The first-order chi connectivity index (χ1) is 8.65. The van der Waals surface area contributed by atoms with Gasteiger partial charge in [-0.05, 0) is 12.5 Å². The Morgan fingerprint density at radius 3 is 2.50 bits per heavy atom. The van der Waals surface area contributed by atoms with Crippen LogP contribution in [-0.2, 0) is 16.1 Å². The van der Waals surface area contributed by atoms with Gasteiger partial charge in [0.05, 0.1) is 6.42 Å². The fraction of sp³-hybridized carbons (Fsp3) is 0.500. The van der Waals surface area contributed by atoms with E-state index >= 15 is 0 Å². The van der Waals surface area contributed by atoms with Gasteiger partial charge in [-0.3, -0.25) is 9.59 Å². The molecule has 0 saturated carbocycles. The van der Waals surface area contributed by atoms with Crippen LogP contribution in [0.1, 0.15) is 24.8 Å². The molecule has 1 aliphatic heterocycles. The lowest BCUT2D eigenvalue weighted by molar-refractivity contribution is -0.696. The predicted molar refractivity (Wildman–Crippen MR) is 66.8 cm³/mol.